The number of likely N-dealkylation sites (tertiary alicyclic amines) is 1. The van der Waals surface area contributed by atoms with Crippen molar-refractivity contribution < 1.29 is 4.79 Å². The Morgan fingerprint density at radius 2 is 1.92 bits per heavy atom. The van der Waals surface area contributed by atoms with Gasteiger partial charge in [-0.1, -0.05) is 19.3 Å². The number of aryl methyl sites for hydroxylation is 2. The van der Waals surface area contributed by atoms with E-state index in [9.17, 15) is 4.79 Å². The second-order valence-electron chi connectivity index (χ2n) is 7.54. The third-order valence-electron chi connectivity index (χ3n) is 5.60. The van der Waals surface area contributed by atoms with E-state index < -0.39 is 0 Å². The predicted octanol–water partition coefficient (Wildman–Crippen LogP) is 2.73. The van der Waals surface area contributed by atoms with E-state index in [1.54, 1.807) is 0 Å². The van der Waals surface area contributed by atoms with Crippen LogP contribution in [0.1, 0.15) is 56.3 Å². The highest BCUT2D eigenvalue weighted by atomic mass is 16.2. The minimum atomic E-state index is 0.242. The van der Waals surface area contributed by atoms with Crippen molar-refractivity contribution in [1.29, 1.82) is 0 Å². The average molecular weight is 332 g/mol. The first-order valence-electron chi connectivity index (χ1n) is 9.64. The third kappa shape index (κ3) is 4.38. The van der Waals surface area contributed by atoms with Gasteiger partial charge < -0.3 is 9.80 Å². The first-order chi connectivity index (χ1) is 11.6. The quantitative estimate of drug-likeness (QED) is 0.804. The Labute approximate surface area is 146 Å². The van der Waals surface area contributed by atoms with E-state index in [1.165, 1.54) is 45.2 Å². The van der Waals surface area contributed by atoms with E-state index in [-0.39, 0.29) is 5.92 Å². The maximum atomic E-state index is 13.1. The van der Waals surface area contributed by atoms with E-state index in [0.717, 1.165) is 37.3 Å². The second-order valence-corrected chi connectivity index (χ2v) is 7.54. The molecule has 0 aromatic carbocycles. The number of hydrogen-bond acceptors (Lipinski definition) is 3. The highest BCUT2D eigenvalue weighted by molar-refractivity contribution is 5.78. The largest absolute Gasteiger partial charge is 0.335 e. The SMILES string of the molecule is Cc1cc(CN(CCN2CCCC2)C(=O)C2CCCCC2)n(C)n1. The molecule has 5 heteroatoms. The number of amides is 1. The lowest BCUT2D eigenvalue weighted by Gasteiger charge is -2.30. The van der Waals surface area contributed by atoms with E-state index in [2.05, 4.69) is 21.0 Å². The van der Waals surface area contributed by atoms with Crippen LogP contribution in [-0.2, 0) is 18.4 Å². The smallest absolute Gasteiger partial charge is 0.226 e. The van der Waals surface area contributed by atoms with Gasteiger partial charge in [0.1, 0.15) is 0 Å². The Morgan fingerprint density at radius 3 is 2.54 bits per heavy atom. The predicted molar refractivity (Wildman–Crippen MR) is 95.6 cm³/mol. The molecule has 2 aliphatic rings. The van der Waals surface area contributed by atoms with Crippen molar-refractivity contribution in [2.45, 2.75) is 58.4 Å². The summed E-state index contributed by atoms with van der Waals surface area (Å²) in [6.07, 6.45) is 8.46. The zero-order chi connectivity index (χ0) is 16.9. The van der Waals surface area contributed by atoms with Crippen LogP contribution in [0.3, 0.4) is 0 Å². The zero-order valence-corrected chi connectivity index (χ0v) is 15.3. The van der Waals surface area contributed by atoms with Crippen LogP contribution in [0.4, 0.5) is 0 Å². The Hall–Kier alpha value is -1.36. The molecule has 1 aliphatic carbocycles. The maximum absolute atomic E-state index is 13.1. The number of aromatic nitrogens is 2. The van der Waals surface area contributed by atoms with Crippen LogP contribution in [0.15, 0.2) is 6.07 Å². The molecule has 1 amide bonds. The van der Waals surface area contributed by atoms with E-state index in [0.29, 0.717) is 12.5 Å². The summed E-state index contributed by atoms with van der Waals surface area (Å²) >= 11 is 0. The highest BCUT2D eigenvalue weighted by Gasteiger charge is 2.27. The summed E-state index contributed by atoms with van der Waals surface area (Å²) in [7, 11) is 1.98. The van der Waals surface area contributed by atoms with Crippen LogP contribution in [0.5, 0.6) is 0 Å². The van der Waals surface area contributed by atoms with Crippen LogP contribution in [0, 0.1) is 12.8 Å². The Morgan fingerprint density at radius 1 is 1.21 bits per heavy atom. The van der Waals surface area contributed by atoms with Gasteiger partial charge in [-0.15, -0.1) is 0 Å². The molecule has 2 fully saturated rings. The zero-order valence-electron chi connectivity index (χ0n) is 15.3. The molecular weight excluding hydrogens is 300 g/mol. The summed E-state index contributed by atoms with van der Waals surface area (Å²) < 4.78 is 1.92. The topological polar surface area (TPSA) is 41.4 Å². The van der Waals surface area contributed by atoms with E-state index in [4.69, 9.17) is 0 Å². The van der Waals surface area contributed by atoms with E-state index >= 15 is 0 Å². The standard InChI is InChI=1S/C19H32N4O/c1-16-14-18(21(2)20-16)15-23(13-12-22-10-6-7-11-22)19(24)17-8-4-3-5-9-17/h14,17H,3-13,15H2,1-2H3. The number of hydrogen-bond donors (Lipinski definition) is 0. The molecular formula is C19H32N4O. The van der Waals surface area contributed by atoms with Gasteiger partial charge in [-0.2, -0.15) is 5.10 Å². The number of rotatable bonds is 6. The molecule has 3 rings (SSSR count). The van der Waals surface area contributed by atoms with Crippen LogP contribution < -0.4 is 0 Å². The summed E-state index contributed by atoms with van der Waals surface area (Å²) in [5.41, 5.74) is 2.16. The summed E-state index contributed by atoms with van der Waals surface area (Å²) in [6.45, 7) is 6.95. The van der Waals surface area contributed by atoms with Crippen LogP contribution >= 0.6 is 0 Å². The molecule has 0 radical (unpaired) electrons. The van der Waals surface area contributed by atoms with Gasteiger partial charge in [0.15, 0.2) is 0 Å². The molecule has 0 bridgehead atoms. The molecule has 1 saturated heterocycles. The molecule has 1 aromatic heterocycles. The summed E-state index contributed by atoms with van der Waals surface area (Å²) in [5.74, 6) is 0.611. The Kier molecular flexibility index (Phi) is 5.93. The molecule has 1 aliphatic heterocycles. The molecule has 0 unspecified atom stereocenters. The molecule has 24 heavy (non-hydrogen) atoms. The van der Waals surface area contributed by atoms with Gasteiger partial charge in [-0.25, -0.2) is 0 Å². The lowest BCUT2D eigenvalue weighted by Crippen LogP contribution is -2.41. The monoisotopic (exact) mass is 332 g/mol. The molecule has 134 valence electrons. The molecule has 0 spiro atoms. The van der Waals surface area contributed by atoms with Gasteiger partial charge in [0.2, 0.25) is 5.91 Å². The summed E-state index contributed by atoms with van der Waals surface area (Å²) in [4.78, 5) is 17.7. The molecule has 0 atom stereocenters. The van der Waals surface area contributed by atoms with Crippen LogP contribution in [0.2, 0.25) is 0 Å². The maximum Gasteiger partial charge on any atom is 0.226 e. The van der Waals surface area contributed by atoms with Gasteiger partial charge >= 0.3 is 0 Å². The lowest BCUT2D eigenvalue weighted by molar-refractivity contribution is -0.137. The molecule has 5 nitrogen and oxygen atoms in total. The second kappa shape index (κ2) is 8.15. The van der Waals surface area contributed by atoms with Crippen LogP contribution in [-0.4, -0.2) is 51.7 Å². The summed E-state index contributed by atoms with van der Waals surface area (Å²) in [6, 6.07) is 2.11. The van der Waals surface area contributed by atoms with Crippen molar-refractivity contribution in [1.82, 2.24) is 19.6 Å². The van der Waals surface area contributed by atoms with Crippen molar-refractivity contribution >= 4 is 5.91 Å². The van der Waals surface area contributed by atoms with Gasteiger partial charge in [0, 0.05) is 26.1 Å². The molecule has 2 heterocycles. The van der Waals surface area contributed by atoms with Crippen LogP contribution in [0.25, 0.3) is 0 Å². The van der Waals surface area contributed by atoms with Crippen molar-refractivity contribution in [2.24, 2.45) is 13.0 Å². The van der Waals surface area contributed by atoms with Crippen molar-refractivity contribution in [3.8, 4) is 0 Å². The number of carbonyl (C=O) groups is 1. The Bertz CT molecular complexity index is 542. The van der Waals surface area contributed by atoms with Gasteiger partial charge in [-0.05, 0) is 51.8 Å². The Balaban J connectivity index is 1.66. The number of carbonyl (C=O) groups excluding carboxylic acids is 1. The van der Waals surface area contributed by atoms with Gasteiger partial charge in [0.25, 0.3) is 0 Å². The van der Waals surface area contributed by atoms with E-state index in [1.807, 2.05) is 18.7 Å². The fourth-order valence-electron chi connectivity index (χ4n) is 4.15. The lowest BCUT2D eigenvalue weighted by atomic mass is 9.88. The minimum absolute atomic E-state index is 0.242. The van der Waals surface area contributed by atoms with Gasteiger partial charge in [0.05, 0.1) is 17.9 Å². The van der Waals surface area contributed by atoms with Crippen molar-refractivity contribution in [3.63, 3.8) is 0 Å². The third-order valence-corrected chi connectivity index (χ3v) is 5.60. The molecule has 1 aromatic rings. The van der Waals surface area contributed by atoms with Gasteiger partial charge in [-0.3, -0.25) is 9.48 Å². The fourth-order valence-corrected chi connectivity index (χ4v) is 4.15. The number of nitrogens with zero attached hydrogens (tertiary/aromatic N) is 4. The highest BCUT2D eigenvalue weighted by Crippen LogP contribution is 2.26. The average Bonchev–Trinajstić information content (AvgIpc) is 3.21. The molecule has 0 N–H and O–H groups in total. The van der Waals surface area contributed by atoms with Crippen molar-refractivity contribution in [2.75, 3.05) is 26.2 Å². The van der Waals surface area contributed by atoms with Crippen molar-refractivity contribution in [3.05, 3.63) is 17.5 Å². The molecule has 1 saturated carbocycles. The normalized spacial score (nSPS) is 19.8. The first-order valence-corrected chi connectivity index (χ1v) is 9.64. The first kappa shape index (κ1) is 17.5. The summed E-state index contributed by atoms with van der Waals surface area (Å²) in [5, 5.41) is 4.44. The minimum Gasteiger partial charge on any atom is -0.335 e. The fraction of sp³-hybridized carbons (Fsp3) is 0.789.